The molecule has 0 radical (unpaired) electrons. The van der Waals surface area contributed by atoms with Gasteiger partial charge in [-0.15, -0.1) is 0 Å². The zero-order valence-electron chi connectivity index (χ0n) is 18.6. The molecule has 0 saturated carbocycles. The van der Waals surface area contributed by atoms with Crippen molar-refractivity contribution in [2.24, 2.45) is 0 Å². The Balaban J connectivity index is 2.20. The van der Waals surface area contributed by atoms with E-state index in [1.807, 2.05) is 45.0 Å². The highest BCUT2D eigenvalue weighted by Crippen LogP contribution is 2.33. The highest BCUT2D eigenvalue weighted by molar-refractivity contribution is 5.77. The fourth-order valence-electron chi connectivity index (χ4n) is 3.03. The minimum Gasteiger partial charge on any atom is -0.494 e. The molecule has 0 heterocycles. The molecular formula is C24H30O7. The summed E-state index contributed by atoms with van der Waals surface area (Å²) in [5, 5.41) is 18.4. The van der Waals surface area contributed by atoms with Gasteiger partial charge in [0.05, 0.1) is 13.0 Å². The Morgan fingerprint density at radius 1 is 1.03 bits per heavy atom. The van der Waals surface area contributed by atoms with Gasteiger partial charge in [0.25, 0.3) is 0 Å². The van der Waals surface area contributed by atoms with E-state index in [0.717, 1.165) is 11.1 Å². The molecule has 7 nitrogen and oxygen atoms in total. The lowest BCUT2D eigenvalue weighted by atomic mass is 10.0. The van der Waals surface area contributed by atoms with Gasteiger partial charge in [0.1, 0.15) is 11.9 Å². The Labute approximate surface area is 182 Å². The third-order valence-electron chi connectivity index (χ3n) is 4.60. The summed E-state index contributed by atoms with van der Waals surface area (Å²) in [6, 6.07) is 10.8. The van der Waals surface area contributed by atoms with Gasteiger partial charge in [0.15, 0.2) is 17.1 Å². The Morgan fingerprint density at radius 3 is 2.35 bits per heavy atom. The Morgan fingerprint density at radius 2 is 1.74 bits per heavy atom. The van der Waals surface area contributed by atoms with E-state index < -0.39 is 17.5 Å². The normalized spacial score (nSPS) is 12.2. The molecular weight excluding hydrogens is 400 g/mol. The first-order valence-corrected chi connectivity index (χ1v) is 10.2. The summed E-state index contributed by atoms with van der Waals surface area (Å²) in [6.45, 7) is 9.07. The van der Waals surface area contributed by atoms with Crippen molar-refractivity contribution >= 4 is 11.9 Å². The SMILES string of the molecule is CCOc1cc(CC(C)Oc2cc(C)ccc2OC(C)(C)C(=O)O)ccc1CC(=O)O. The van der Waals surface area contributed by atoms with Crippen molar-refractivity contribution in [2.45, 2.75) is 59.2 Å². The number of rotatable bonds is 11. The summed E-state index contributed by atoms with van der Waals surface area (Å²) in [5.74, 6) is -0.609. The van der Waals surface area contributed by atoms with Gasteiger partial charge in [-0.1, -0.05) is 18.2 Å². The van der Waals surface area contributed by atoms with Crippen LogP contribution in [-0.4, -0.2) is 40.5 Å². The lowest BCUT2D eigenvalue weighted by molar-refractivity contribution is -0.152. The quantitative estimate of drug-likeness (QED) is 0.549. The summed E-state index contributed by atoms with van der Waals surface area (Å²) >= 11 is 0. The molecule has 0 spiro atoms. The molecule has 2 rings (SSSR count). The minimum atomic E-state index is -1.40. The molecule has 168 valence electrons. The number of aryl methyl sites for hydroxylation is 1. The van der Waals surface area contributed by atoms with E-state index in [9.17, 15) is 14.7 Å². The van der Waals surface area contributed by atoms with Crippen LogP contribution >= 0.6 is 0 Å². The van der Waals surface area contributed by atoms with Crippen LogP contribution in [0.3, 0.4) is 0 Å². The smallest absolute Gasteiger partial charge is 0.347 e. The molecule has 31 heavy (non-hydrogen) atoms. The van der Waals surface area contributed by atoms with Crippen LogP contribution in [-0.2, 0) is 22.4 Å². The summed E-state index contributed by atoms with van der Waals surface area (Å²) in [4.78, 5) is 22.5. The Bertz CT molecular complexity index is 934. The molecule has 0 amide bonds. The van der Waals surface area contributed by atoms with Crippen LogP contribution in [0.5, 0.6) is 17.2 Å². The maximum Gasteiger partial charge on any atom is 0.347 e. The molecule has 0 saturated heterocycles. The third-order valence-corrected chi connectivity index (χ3v) is 4.60. The van der Waals surface area contributed by atoms with Crippen molar-refractivity contribution < 1.29 is 34.0 Å². The second-order valence-electron chi connectivity index (χ2n) is 7.95. The summed E-state index contributed by atoms with van der Waals surface area (Å²) in [6.07, 6.45) is 0.186. The molecule has 7 heteroatoms. The number of benzene rings is 2. The third kappa shape index (κ3) is 6.91. The maximum atomic E-state index is 11.4. The molecule has 1 unspecified atom stereocenters. The molecule has 1 atom stereocenters. The summed E-state index contributed by atoms with van der Waals surface area (Å²) in [7, 11) is 0. The first-order chi connectivity index (χ1) is 14.5. The number of ether oxygens (including phenoxy) is 3. The standard InChI is InChI=1S/C24H30O7/c1-6-29-20-13-17(8-9-18(20)14-22(25)26)12-16(3)30-21-11-15(2)7-10-19(21)31-24(4,5)23(27)28/h7-11,13,16H,6,12,14H2,1-5H3,(H,25,26)(H,27,28). The Hall–Kier alpha value is -3.22. The number of aliphatic carboxylic acids is 2. The molecule has 0 aliphatic rings. The van der Waals surface area contributed by atoms with E-state index in [1.54, 1.807) is 12.1 Å². The molecule has 0 fully saturated rings. The van der Waals surface area contributed by atoms with Crippen molar-refractivity contribution in [2.75, 3.05) is 6.61 Å². The zero-order chi connectivity index (χ0) is 23.2. The van der Waals surface area contributed by atoms with E-state index >= 15 is 0 Å². The fourth-order valence-corrected chi connectivity index (χ4v) is 3.03. The van der Waals surface area contributed by atoms with E-state index in [-0.39, 0.29) is 12.5 Å². The summed E-state index contributed by atoms with van der Waals surface area (Å²) < 4.78 is 17.4. The second kappa shape index (κ2) is 10.2. The molecule has 0 aliphatic carbocycles. The Kier molecular flexibility index (Phi) is 7.91. The fraction of sp³-hybridized carbons (Fsp3) is 0.417. The molecule has 2 N–H and O–H groups in total. The monoisotopic (exact) mass is 430 g/mol. The van der Waals surface area contributed by atoms with Crippen LogP contribution in [0, 0.1) is 6.92 Å². The summed E-state index contributed by atoms with van der Waals surface area (Å²) in [5.41, 5.74) is 1.12. The van der Waals surface area contributed by atoms with Crippen LogP contribution < -0.4 is 14.2 Å². The van der Waals surface area contributed by atoms with Gasteiger partial charge in [0, 0.05) is 12.0 Å². The van der Waals surface area contributed by atoms with Gasteiger partial charge in [0.2, 0.25) is 0 Å². The van der Waals surface area contributed by atoms with Crippen molar-refractivity contribution in [3.63, 3.8) is 0 Å². The van der Waals surface area contributed by atoms with E-state index in [0.29, 0.717) is 35.8 Å². The van der Waals surface area contributed by atoms with Gasteiger partial charge in [-0.3, -0.25) is 4.79 Å². The van der Waals surface area contributed by atoms with Gasteiger partial charge < -0.3 is 24.4 Å². The topological polar surface area (TPSA) is 102 Å². The number of carboxylic acids is 2. The minimum absolute atomic E-state index is 0.106. The van der Waals surface area contributed by atoms with Crippen molar-refractivity contribution in [3.05, 3.63) is 53.1 Å². The van der Waals surface area contributed by atoms with Gasteiger partial charge >= 0.3 is 11.9 Å². The molecule has 2 aromatic carbocycles. The van der Waals surface area contributed by atoms with Gasteiger partial charge in [-0.2, -0.15) is 0 Å². The van der Waals surface area contributed by atoms with Crippen LogP contribution in [0.4, 0.5) is 0 Å². The van der Waals surface area contributed by atoms with Gasteiger partial charge in [-0.25, -0.2) is 4.79 Å². The van der Waals surface area contributed by atoms with Crippen LogP contribution in [0.1, 0.15) is 44.4 Å². The maximum absolute atomic E-state index is 11.4. The number of hydrogen-bond donors (Lipinski definition) is 2. The number of carboxylic acid groups (broad SMARTS) is 2. The molecule has 2 aromatic rings. The zero-order valence-corrected chi connectivity index (χ0v) is 18.6. The van der Waals surface area contributed by atoms with Gasteiger partial charge in [-0.05, 0) is 63.9 Å². The largest absolute Gasteiger partial charge is 0.494 e. The van der Waals surface area contributed by atoms with Crippen LogP contribution in [0.15, 0.2) is 36.4 Å². The lowest BCUT2D eigenvalue weighted by Gasteiger charge is -2.25. The van der Waals surface area contributed by atoms with E-state index in [2.05, 4.69) is 0 Å². The highest BCUT2D eigenvalue weighted by Gasteiger charge is 2.30. The average molecular weight is 430 g/mol. The van der Waals surface area contributed by atoms with Crippen molar-refractivity contribution in [1.82, 2.24) is 0 Å². The first kappa shape index (κ1) is 24.1. The van der Waals surface area contributed by atoms with Crippen molar-refractivity contribution in [1.29, 1.82) is 0 Å². The van der Waals surface area contributed by atoms with Crippen LogP contribution in [0.2, 0.25) is 0 Å². The predicted molar refractivity (Wildman–Crippen MR) is 116 cm³/mol. The predicted octanol–water partition coefficient (Wildman–Crippen LogP) is 4.27. The number of hydrogen-bond acceptors (Lipinski definition) is 5. The van der Waals surface area contributed by atoms with E-state index in [4.69, 9.17) is 19.3 Å². The molecule has 0 aliphatic heterocycles. The van der Waals surface area contributed by atoms with Crippen LogP contribution in [0.25, 0.3) is 0 Å². The van der Waals surface area contributed by atoms with E-state index in [1.165, 1.54) is 13.8 Å². The number of carbonyl (C=O) groups is 2. The highest BCUT2D eigenvalue weighted by atomic mass is 16.6. The molecule has 0 aromatic heterocycles. The first-order valence-electron chi connectivity index (χ1n) is 10.2. The molecule has 0 bridgehead atoms. The second-order valence-corrected chi connectivity index (χ2v) is 7.95. The average Bonchev–Trinajstić information content (AvgIpc) is 2.65. The lowest BCUT2D eigenvalue weighted by Crippen LogP contribution is -2.38. The van der Waals surface area contributed by atoms with Crippen molar-refractivity contribution in [3.8, 4) is 17.2 Å².